The van der Waals surface area contributed by atoms with E-state index in [2.05, 4.69) is 62.5 Å². The molecule has 0 fully saturated rings. The minimum Gasteiger partial charge on any atom is -0.378 e. The van der Waals surface area contributed by atoms with Crippen molar-refractivity contribution in [2.75, 3.05) is 5.32 Å². The number of benzene rings is 2. The molecule has 3 rings (SSSR count). The van der Waals surface area contributed by atoms with Gasteiger partial charge in [-0.1, -0.05) is 42.0 Å². The van der Waals surface area contributed by atoms with Crippen molar-refractivity contribution in [2.45, 2.75) is 39.3 Å². The normalized spacial score (nSPS) is 20.8. The first-order valence-corrected chi connectivity index (χ1v) is 7.25. The molecule has 2 atom stereocenters. The predicted octanol–water partition coefficient (Wildman–Crippen LogP) is 4.17. The van der Waals surface area contributed by atoms with Crippen molar-refractivity contribution in [1.82, 2.24) is 0 Å². The van der Waals surface area contributed by atoms with Gasteiger partial charge < -0.3 is 11.1 Å². The second-order valence-electron chi connectivity index (χ2n) is 5.94. The van der Waals surface area contributed by atoms with E-state index in [0.29, 0.717) is 6.04 Å². The van der Waals surface area contributed by atoms with Crippen molar-refractivity contribution in [1.29, 1.82) is 0 Å². The highest BCUT2D eigenvalue weighted by Crippen LogP contribution is 2.40. The number of fused-ring (bicyclic) bond motifs is 1. The van der Waals surface area contributed by atoms with Crippen LogP contribution in [0.5, 0.6) is 0 Å². The zero-order valence-corrected chi connectivity index (χ0v) is 12.4. The first-order valence-electron chi connectivity index (χ1n) is 7.25. The molecule has 0 bridgehead atoms. The van der Waals surface area contributed by atoms with E-state index in [0.717, 1.165) is 6.42 Å². The Labute approximate surface area is 121 Å². The van der Waals surface area contributed by atoms with Crippen molar-refractivity contribution < 1.29 is 0 Å². The van der Waals surface area contributed by atoms with E-state index >= 15 is 0 Å². The van der Waals surface area contributed by atoms with Crippen LogP contribution in [0.15, 0.2) is 36.4 Å². The highest BCUT2D eigenvalue weighted by Gasteiger charge is 2.28. The Kier molecular flexibility index (Phi) is 3.27. The molecule has 0 saturated carbocycles. The molecule has 0 spiro atoms. The number of nitrogens with one attached hydrogen (secondary N) is 1. The van der Waals surface area contributed by atoms with Gasteiger partial charge in [0.2, 0.25) is 0 Å². The maximum atomic E-state index is 6.25. The van der Waals surface area contributed by atoms with Gasteiger partial charge in [-0.3, -0.25) is 0 Å². The lowest BCUT2D eigenvalue weighted by molar-refractivity contribution is 0.648. The molecule has 2 nitrogen and oxygen atoms in total. The third kappa shape index (κ3) is 2.20. The Morgan fingerprint density at radius 3 is 2.25 bits per heavy atom. The number of nitrogens with two attached hydrogens (primary N) is 1. The summed E-state index contributed by atoms with van der Waals surface area (Å²) in [6, 6.07) is 13.4. The summed E-state index contributed by atoms with van der Waals surface area (Å²) < 4.78 is 0. The van der Waals surface area contributed by atoms with Gasteiger partial charge in [-0.2, -0.15) is 0 Å². The molecule has 0 saturated heterocycles. The van der Waals surface area contributed by atoms with Gasteiger partial charge in [-0.15, -0.1) is 0 Å². The molecule has 1 aliphatic carbocycles. The van der Waals surface area contributed by atoms with Crippen LogP contribution in [-0.2, 0) is 0 Å². The zero-order valence-electron chi connectivity index (χ0n) is 12.4. The summed E-state index contributed by atoms with van der Waals surface area (Å²) in [5, 5.41) is 3.71. The van der Waals surface area contributed by atoms with Crippen LogP contribution in [0.1, 0.15) is 46.3 Å². The van der Waals surface area contributed by atoms with Crippen LogP contribution in [0, 0.1) is 20.8 Å². The van der Waals surface area contributed by atoms with Gasteiger partial charge in [0, 0.05) is 11.7 Å². The Morgan fingerprint density at radius 2 is 1.60 bits per heavy atom. The molecule has 2 heteroatoms. The highest BCUT2D eigenvalue weighted by molar-refractivity contribution is 5.60. The van der Waals surface area contributed by atoms with Crippen molar-refractivity contribution in [3.05, 3.63) is 64.2 Å². The molecule has 20 heavy (non-hydrogen) atoms. The van der Waals surface area contributed by atoms with Crippen LogP contribution in [-0.4, -0.2) is 0 Å². The van der Waals surface area contributed by atoms with Crippen LogP contribution in [0.25, 0.3) is 0 Å². The van der Waals surface area contributed by atoms with Gasteiger partial charge in [-0.05, 0) is 49.4 Å². The van der Waals surface area contributed by atoms with E-state index in [9.17, 15) is 0 Å². The number of hydrogen-bond acceptors (Lipinski definition) is 2. The van der Waals surface area contributed by atoms with Crippen LogP contribution >= 0.6 is 0 Å². The molecule has 2 aromatic rings. The third-order valence-corrected chi connectivity index (χ3v) is 4.26. The summed E-state index contributed by atoms with van der Waals surface area (Å²) in [4.78, 5) is 0. The smallest absolute Gasteiger partial charge is 0.0535 e. The van der Waals surface area contributed by atoms with Crippen molar-refractivity contribution in [2.24, 2.45) is 5.73 Å². The van der Waals surface area contributed by atoms with E-state index in [-0.39, 0.29) is 6.04 Å². The Bertz CT molecular complexity index is 623. The summed E-state index contributed by atoms with van der Waals surface area (Å²) >= 11 is 0. The first kappa shape index (κ1) is 13.2. The molecule has 2 unspecified atom stereocenters. The van der Waals surface area contributed by atoms with E-state index in [1.165, 1.54) is 33.5 Å². The van der Waals surface area contributed by atoms with Gasteiger partial charge in [0.1, 0.15) is 0 Å². The van der Waals surface area contributed by atoms with Gasteiger partial charge in [0.05, 0.1) is 6.04 Å². The fraction of sp³-hybridized carbons (Fsp3) is 0.333. The molecule has 1 aliphatic rings. The number of aryl methyl sites for hydroxylation is 3. The van der Waals surface area contributed by atoms with E-state index < -0.39 is 0 Å². The van der Waals surface area contributed by atoms with Crippen LogP contribution < -0.4 is 11.1 Å². The molecule has 0 aliphatic heterocycles. The van der Waals surface area contributed by atoms with Crippen molar-refractivity contribution in [3.63, 3.8) is 0 Å². The monoisotopic (exact) mass is 266 g/mol. The Morgan fingerprint density at radius 1 is 1.00 bits per heavy atom. The molecular weight excluding hydrogens is 244 g/mol. The first-order chi connectivity index (χ1) is 9.56. The summed E-state index contributed by atoms with van der Waals surface area (Å²) in [5.74, 6) is 0. The molecule has 3 N–H and O–H groups in total. The highest BCUT2D eigenvalue weighted by atomic mass is 14.9. The Hall–Kier alpha value is -1.80. The molecule has 0 aromatic heterocycles. The lowest BCUT2D eigenvalue weighted by Crippen LogP contribution is -2.11. The lowest BCUT2D eigenvalue weighted by atomic mass is 10.0. The zero-order chi connectivity index (χ0) is 14.3. The van der Waals surface area contributed by atoms with Crippen LogP contribution in [0.4, 0.5) is 5.69 Å². The third-order valence-electron chi connectivity index (χ3n) is 4.26. The largest absolute Gasteiger partial charge is 0.378 e. The second kappa shape index (κ2) is 4.95. The van der Waals surface area contributed by atoms with Gasteiger partial charge in [0.25, 0.3) is 0 Å². The summed E-state index contributed by atoms with van der Waals surface area (Å²) in [7, 11) is 0. The predicted molar refractivity (Wildman–Crippen MR) is 85.0 cm³/mol. The summed E-state index contributed by atoms with van der Waals surface area (Å²) in [6.07, 6.45) is 0.964. The standard InChI is InChI=1S/C18H22N2/c1-11-8-12(2)18(13(3)9-11)20-17-10-16(19)14-6-4-5-7-15(14)17/h4-9,16-17,20H,10,19H2,1-3H3. The molecule has 2 aromatic carbocycles. The topological polar surface area (TPSA) is 38.0 Å². The molecular formula is C18H22N2. The maximum Gasteiger partial charge on any atom is 0.0535 e. The van der Waals surface area contributed by atoms with Crippen molar-refractivity contribution >= 4 is 5.69 Å². The molecule has 104 valence electrons. The van der Waals surface area contributed by atoms with E-state index in [1.54, 1.807) is 0 Å². The van der Waals surface area contributed by atoms with Gasteiger partial charge >= 0.3 is 0 Å². The fourth-order valence-corrected chi connectivity index (χ4v) is 3.39. The van der Waals surface area contributed by atoms with E-state index in [4.69, 9.17) is 5.73 Å². The maximum absolute atomic E-state index is 6.25. The number of anilines is 1. The van der Waals surface area contributed by atoms with Crippen molar-refractivity contribution in [3.8, 4) is 0 Å². The minimum atomic E-state index is 0.148. The second-order valence-corrected chi connectivity index (χ2v) is 5.94. The molecule has 0 heterocycles. The van der Waals surface area contributed by atoms with Gasteiger partial charge in [-0.25, -0.2) is 0 Å². The summed E-state index contributed by atoms with van der Waals surface area (Å²) in [6.45, 7) is 6.48. The molecule has 0 amide bonds. The fourth-order valence-electron chi connectivity index (χ4n) is 3.39. The van der Waals surface area contributed by atoms with Crippen LogP contribution in [0.3, 0.4) is 0 Å². The van der Waals surface area contributed by atoms with Crippen LogP contribution in [0.2, 0.25) is 0 Å². The Balaban J connectivity index is 1.94. The summed E-state index contributed by atoms with van der Waals surface area (Å²) in [5.41, 5.74) is 14.1. The average Bonchev–Trinajstić information content (AvgIpc) is 2.71. The quantitative estimate of drug-likeness (QED) is 0.856. The van der Waals surface area contributed by atoms with Gasteiger partial charge in [0.15, 0.2) is 0 Å². The van der Waals surface area contributed by atoms with E-state index in [1.807, 2.05) is 0 Å². The molecule has 0 radical (unpaired) electrons. The average molecular weight is 266 g/mol. The SMILES string of the molecule is Cc1cc(C)c(NC2CC(N)c3ccccc32)c(C)c1. The number of hydrogen-bond donors (Lipinski definition) is 2. The number of rotatable bonds is 2. The minimum absolute atomic E-state index is 0.148. The lowest BCUT2D eigenvalue weighted by Gasteiger charge is -2.20.